The number of rotatable bonds is 2. The summed E-state index contributed by atoms with van der Waals surface area (Å²) in [5.41, 5.74) is 7.55. The second-order valence-electron chi connectivity index (χ2n) is 5.44. The molecule has 1 aromatic rings. The Balaban J connectivity index is 1.53. The molecule has 0 aromatic heterocycles. The SMILES string of the molecule is NC1CC2(C1)CN(Cc1ccc(F)cc1)C2. The smallest absolute Gasteiger partial charge is 0.123 e. The van der Waals surface area contributed by atoms with E-state index in [-0.39, 0.29) is 5.82 Å². The van der Waals surface area contributed by atoms with E-state index in [1.165, 1.54) is 30.5 Å². The molecule has 1 aliphatic heterocycles. The van der Waals surface area contributed by atoms with Crippen molar-refractivity contribution in [1.29, 1.82) is 0 Å². The quantitative estimate of drug-likeness (QED) is 0.822. The van der Waals surface area contributed by atoms with Crippen LogP contribution in [-0.2, 0) is 6.54 Å². The molecule has 1 saturated carbocycles. The fraction of sp³-hybridized carbons (Fsp3) is 0.538. The van der Waals surface area contributed by atoms with Crippen molar-refractivity contribution in [3.05, 3.63) is 35.6 Å². The van der Waals surface area contributed by atoms with Gasteiger partial charge in [0.05, 0.1) is 0 Å². The predicted molar refractivity (Wildman–Crippen MR) is 61.3 cm³/mol. The van der Waals surface area contributed by atoms with Crippen LogP contribution in [0.1, 0.15) is 18.4 Å². The number of benzene rings is 1. The molecule has 2 N–H and O–H groups in total. The highest BCUT2D eigenvalue weighted by atomic mass is 19.1. The molecule has 1 aliphatic carbocycles. The molecule has 0 atom stereocenters. The molecule has 0 amide bonds. The Morgan fingerprint density at radius 1 is 1.25 bits per heavy atom. The van der Waals surface area contributed by atoms with Gasteiger partial charge in [0, 0.05) is 25.7 Å². The third-order valence-corrected chi connectivity index (χ3v) is 3.83. The zero-order valence-corrected chi connectivity index (χ0v) is 9.32. The van der Waals surface area contributed by atoms with Crippen LogP contribution < -0.4 is 5.73 Å². The third kappa shape index (κ3) is 1.74. The molecule has 2 nitrogen and oxygen atoms in total. The molecule has 1 saturated heterocycles. The monoisotopic (exact) mass is 220 g/mol. The maximum atomic E-state index is 12.7. The van der Waals surface area contributed by atoms with Gasteiger partial charge in [-0.05, 0) is 36.0 Å². The predicted octanol–water partition coefficient (Wildman–Crippen LogP) is 1.75. The summed E-state index contributed by atoms with van der Waals surface area (Å²) in [6.07, 6.45) is 2.37. The lowest BCUT2D eigenvalue weighted by Crippen LogP contribution is -2.64. The first kappa shape index (κ1) is 10.2. The molecule has 1 aromatic carbocycles. The van der Waals surface area contributed by atoms with E-state index in [0.29, 0.717) is 11.5 Å². The van der Waals surface area contributed by atoms with E-state index in [2.05, 4.69) is 4.90 Å². The van der Waals surface area contributed by atoms with Crippen LogP contribution in [0.15, 0.2) is 24.3 Å². The van der Waals surface area contributed by atoms with Gasteiger partial charge in [-0.15, -0.1) is 0 Å². The highest BCUT2D eigenvalue weighted by molar-refractivity contribution is 5.17. The minimum Gasteiger partial charge on any atom is -0.328 e. The van der Waals surface area contributed by atoms with Gasteiger partial charge < -0.3 is 5.73 Å². The fourth-order valence-electron chi connectivity index (χ4n) is 3.17. The van der Waals surface area contributed by atoms with Crippen molar-refractivity contribution in [2.45, 2.75) is 25.4 Å². The van der Waals surface area contributed by atoms with Crippen LogP contribution in [-0.4, -0.2) is 24.0 Å². The topological polar surface area (TPSA) is 29.3 Å². The van der Waals surface area contributed by atoms with Gasteiger partial charge in [0.25, 0.3) is 0 Å². The Morgan fingerprint density at radius 2 is 1.88 bits per heavy atom. The largest absolute Gasteiger partial charge is 0.328 e. The molecule has 0 bridgehead atoms. The van der Waals surface area contributed by atoms with Crippen LogP contribution in [0.5, 0.6) is 0 Å². The van der Waals surface area contributed by atoms with Gasteiger partial charge in [-0.2, -0.15) is 0 Å². The highest BCUT2D eigenvalue weighted by Gasteiger charge is 2.50. The second-order valence-corrected chi connectivity index (χ2v) is 5.44. The van der Waals surface area contributed by atoms with Crippen molar-refractivity contribution in [3.8, 4) is 0 Å². The summed E-state index contributed by atoms with van der Waals surface area (Å²) in [6, 6.07) is 7.24. The molecular formula is C13H17FN2. The first-order chi connectivity index (χ1) is 7.65. The normalized spacial score (nSPS) is 24.1. The second kappa shape index (κ2) is 3.54. The zero-order valence-electron chi connectivity index (χ0n) is 9.32. The van der Waals surface area contributed by atoms with Gasteiger partial charge in [-0.25, -0.2) is 4.39 Å². The van der Waals surface area contributed by atoms with Gasteiger partial charge in [0.2, 0.25) is 0 Å². The van der Waals surface area contributed by atoms with E-state index in [1.807, 2.05) is 12.1 Å². The van der Waals surface area contributed by atoms with Gasteiger partial charge in [0.15, 0.2) is 0 Å². The Hall–Kier alpha value is -0.930. The first-order valence-electron chi connectivity index (χ1n) is 5.88. The maximum Gasteiger partial charge on any atom is 0.123 e. The minimum absolute atomic E-state index is 0.159. The van der Waals surface area contributed by atoms with Gasteiger partial charge in [-0.3, -0.25) is 4.90 Å². The number of likely N-dealkylation sites (tertiary alicyclic amines) is 1. The summed E-state index contributed by atoms with van der Waals surface area (Å²) in [5.74, 6) is -0.159. The van der Waals surface area contributed by atoms with E-state index < -0.39 is 0 Å². The Bertz CT molecular complexity index is 373. The van der Waals surface area contributed by atoms with Crippen molar-refractivity contribution in [1.82, 2.24) is 4.90 Å². The summed E-state index contributed by atoms with van der Waals surface area (Å²) in [6.45, 7) is 3.27. The molecule has 2 fully saturated rings. The van der Waals surface area contributed by atoms with Crippen LogP contribution in [0, 0.1) is 11.2 Å². The summed E-state index contributed by atoms with van der Waals surface area (Å²) in [7, 11) is 0. The summed E-state index contributed by atoms with van der Waals surface area (Å²) < 4.78 is 12.7. The first-order valence-corrected chi connectivity index (χ1v) is 5.88. The maximum absolute atomic E-state index is 12.7. The van der Waals surface area contributed by atoms with Crippen LogP contribution in [0.2, 0.25) is 0 Å². The van der Waals surface area contributed by atoms with E-state index in [9.17, 15) is 4.39 Å². The van der Waals surface area contributed by atoms with Crippen LogP contribution in [0.25, 0.3) is 0 Å². The molecule has 86 valence electrons. The Kier molecular flexibility index (Phi) is 2.26. The van der Waals surface area contributed by atoms with E-state index >= 15 is 0 Å². The van der Waals surface area contributed by atoms with Crippen molar-refractivity contribution in [3.63, 3.8) is 0 Å². The summed E-state index contributed by atoms with van der Waals surface area (Å²) in [4.78, 5) is 2.42. The molecule has 1 spiro atoms. The van der Waals surface area contributed by atoms with Crippen LogP contribution in [0.4, 0.5) is 4.39 Å². The van der Waals surface area contributed by atoms with Gasteiger partial charge in [0.1, 0.15) is 5.82 Å². The average Bonchev–Trinajstić information content (AvgIpc) is 2.16. The number of nitrogens with zero attached hydrogens (tertiary/aromatic N) is 1. The molecule has 16 heavy (non-hydrogen) atoms. The van der Waals surface area contributed by atoms with Crippen molar-refractivity contribution in [2.24, 2.45) is 11.1 Å². The molecule has 1 heterocycles. The Morgan fingerprint density at radius 3 is 2.44 bits per heavy atom. The number of hydrogen-bond donors (Lipinski definition) is 1. The van der Waals surface area contributed by atoms with E-state index in [1.54, 1.807) is 0 Å². The average molecular weight is 220 g/mol. The van der Waals surface area contributed by atoms with Gasteiger partial charge >= 0.3 is 0 Å². The van der Waals surface area contributed by atoms with Crippen molar-refractivity contribution >= 4 is 0 Å². The molecular weight excluding hydrogens is 203 g/mol. The van der Waals surface area contributed by atoms with E-state index in [4.69, 9.17) is 5.73 Å². The zero-order chi connectivity index (χ0) is 11.2. The lowest BCUT2D eigenvalue weighted by atomic mass is 9.61. The molecule has 3 rings (SSSR count). The standard InChI is InChI=1S/C13H17FN2/c14-11-3-1-10(2-4-11)7-16-8-13(9-16)5-12(15)6-13/h1-4,12H,5-9,15H2. The van der Waals surface area contributed by atoms with Crippen LogP contribution >= 0.6 is 0 Å². The van der Waals surface area contributed by atoms with Gasteiger partial charge in [-0.1, -0.05) is 12.1 Å². The molecule has 0 unspecified atom stereocenters. The summed E-state index contributed by atoms with van der Waals surface area (Å²) in [5, 5.41) is 0. The van der Waals surface area contributed by atoms with Crippen molar-refractivity contribution < 1.29 is 4.39 Å². The molecule has 2 aliphatic rings. The minimum atomic E-state index is -0.159. The van der Waals surface area contributed by atoms with E-state index in [0.717, 1.165) is 19.6 Å². The lowest BCUT2D eigenvalue weighted by molar-refractivity contribution is -0.0752. The number of hydrogen-bond acceptors (Lipinski definition) is 2. The fourth-order valence-corrected chi connectivity index (χ4v) is 3.17. The summed E-state index contributed by atoms with van der Waals surface area (Å²) >= 11 is 0. The number of nitrogens with two attached hydrogens (primary N) is 1. The molecule has 3 heteroatoms. The highest BCUT2D eigenvalue weighted by Crippen LogP contribution is 2.47. The van der Waals surface area contributed by atoms with Crippen molar-refractivity contribution in [2.75, 3.05) is 13.1 Å². The molecule has 0 radical (unpaired) electrons. The van der Waals surface area contributed by atoms with Crippen LogP contribution in [0.3, 0.4) is 0 Å². The lowest BCUT2D eigenvalue weighted by Gasteiger charge is -2.58. The third-order valence-electron chi connectivity index (χ3n) is 3.83. The number of halogens is 1. The Labute approximate surface area is 95.2 Å².